The third-order valence-electron chi connectivity index (χ3n) is 4.40. The number of hydrogen-bond donors (Lipinski definition) is 2. The van der Waals surface area contributed by atoms with Crippen molar-refractivity contribution >= 4 is 24.0 Å². The highest BCUT2D eigenvalue weighted by molar-refractivity contribution is 5.94. The first kappa shape index (κ1) is 21.9. The molecule has 0 radical (unpaired) electrons. The van der Waals surface area contributed by atoms with Gasteiger partial charge in [0.15, 0.2) is 23.1 Å². The van der Waals surface area contributed by atoms with Crippen molar-refractivity contribution in [3.63, 3.8) is 0 Å². The third-order valence-corrected chi connectivity index (χ3v) is 4.40. The summed E-state index contributed by atoms with van der Waals surface area (Å²) in [6.07, 6.45) is 0.686. The summed E-state index contributed by atoms with van der Waals surface area (Å²) in [6.45, 7) is 2.31. The molecule has 1 heterocycles. The average Bonchev–Trinajstić information content (AvgIpc) is 3.14. The lowest BCUT2D eigenvalue weighted by atomic mass is 10.2. The number of halogens is 2. The van der Waals surface area contributed by atoms with Crippen molar-refractivity contribution in [2.24, 2.45) is 5.73 Å². The van der Waals surface area contributed by atoms with Crippen molar-refractivity contribution in [3.05, 3.63) is 47.8 Å². The van der Waals surface area contributed by atoms with Crippen LogP contribution >= 0.6 is 12.4 Å². The first-order chi connectivity index (χ1) is 13.0. The van der Waals surface area contributed by atoms with Gasteiger partial charge in [-0.1, -0.05) is 6.07 Å². The van der Waals surface area contributed by atoms with Crippen LogP contribution in [0, 0.1) is 12.7 Å². The van der Waals surface area contributed by atoms with E-state index in [0.29, 0.717) is 30.2 Å². The maximum Gasteiger partial charge on any atom is 0.253 e. The molecular formula is C20H24ClFN2O4. The van der Waals surface area contributed by atoms with E-state index in [1.54, 1.807) is 18.2 Å². The second kappa shape index (κ2) is 9.73. The standard InChI is InChI=1S/C20H23FN2O4.ClH/c1-12-3-6-17(19(9-12)25-2)27-16-7-4-13(10-15(16)21)23-20(24)18-8-5-14(11-22)26-18;/h3-4,6-7,9-10,14,18H,5,8,11,22H2,1-2H3,(H,23,24);1H/t14-,18+;/m1./s1. The number of ether oxygens (including phenoxy) is 3. The molecule has 0 aliphatic carbocycles. The first-order valence-corrected chi connectivity index (χ1v) is 8.78. The van der Waals surface area contributed by atoms with Crippen LogP contribution in [-0.2, 0) is 9.53 Å². The molecule has 3 rings (SSSR count). The number of anilines is 1. The van der Waals surface area contributed by atoms with Crippen molar-refractivity contribution in [2.45, 2.75) is 32.0 Å². The molecule has 28 heavy (non-hydrogen) atoms. The smallest absolute Gasteiger partial charge is 0.253 e. The molecule has 8 heteroatoms. The first-order valence-electron chi connectivity index (χ1n) is 8.78. The van der Waals surface area contributed by atoms with Gasteiger partial charge >= 0.3 is 0 Å². The lowest BCUT2D eigenvalue weighted by Gasteiger charge is -2.14. The second-order valence-corrected chi connectivity index (χ2v) is 6.45. The molecule has 1 aliphatic rings. The van der Waals surface area contributed by atoms with E-state index in [2.05, 4.69) is 5.32 Å². The van der Waals surface area contributed by atoms with Gasteiger partial charge in [-0.25, -0.2) is 4.39 Å². The summed E-state index contributed by atoms with van der Waals surface area (Å²) >= 11 is 0. The van der Waals surface area contributed by atoms with Crippen LogP contribution in [0.3, 0.4) is 0 Å². The molecule has 2 aromatic rings. The van der Waals surface area contributed by atoms with Crippen LogP contribution < -0.4 is 20.5 Å². The molecule has 6 nitrogen and oxygen atoms in total. The molecule has 0 bridgehead atoms. The fourth-order valence-corrected chi connectivity index (χ4v) is 2.93. The van der Waals surface area contributed by atoms with Crippen LogP contribution in [0.25, 0.3) is 0 Å². The van der Waals surface area contributed by atoms with Gasteiger partial charge in [0.05, 0.1) is 13.2 Å². The topological polar surface area (TPSA) is 82.8 Å². The van der Waals surface area contributed by atoms with Crippen LogP contribution in [0.4, 0.5) is 10.1 Å². The van der Waals surface area contributed by atoms with Crippen LogP contribution in [0.5, 0.6) is 17.2 Å². The summed E-state index contributed by atoms with van der Waals surface area (Å²) in [7, 11) is 1.52. The largest absolute Gasteiger partial charge is 0.493 e. The molecule has 0 aromatic heterocycles. The molecule has 1 aliphatic heterocycles. The van der Waals surface area contributed by atoms with E-state index < -0.39 is 11.9 Å². The zero-order valence-corrected chi connectivity index (χ0v) is 16.6. The number of carbonyl (C=O) groups is 1. The Hall–Kier alpha value is -2.35. The minimum atomic E-state index is -0.595. The summed E-state index contributed by atoms with van der Waals surface area (Å²) in [6, 6.07) is 9.62. The highest BCUT2D eigenvalue weighted by Crippen LogP contribution is 2.34. The Morgan fingerprint density at radius 2 is 1.96 bits per heavy atom. The predicted octanol–water partition coefficient (Wildman–Crippen LogP) is 3.80. The number of carbonyl (C=O) groups excluding carboxylic acids is 1. The number of rotatable bonds is 6. The Morgan fingerprint density at radius 1 is 1.21 bits per heavy atom. The number of methoxy groups -OCH3 is 1. The Labute approximate surface area is 169 Å². The molecule has 0 unspecified atom stereocenters. The summed E-state index contributed by atoms with van der Waals surface area (Å²) in [4.78, 5) is 12.2. The van der Waals surface area contributed by atoms with Crippen LogP contribution in [-0.4, -0.2) is 31.8 Å². The zero-order chi connectivity index (χ0) is 19.4. The van der Waals surface area contributed by atoms with Gasteiger partial charge in [0, 0.05) is 18.3 Å². The van der Waals surface area contributed by atoms with Gasteiger partial charge in [-0.05, 0) is 49.6 Å². The zero-order valence-electron chi connectivity index (χ0n) is 15.7. The maximum absolute atomic E-state index is 14.4. The minimum absolute atomic E-state index is 0. The van der Waals surface area contributed by atoms with Crippen LogP contribution in [0.2, 0.25) is 0 Å². The molecule has 2 atom stereocenters. The number of hydrogen-bond acceptors (Lipinski definition) is 5. The number of amides is 1. The second-order valence-electron chi connectivity index (χ2n) is 6.45. The van der Waals surface area contributed by atoms with E-state index in [9.17, 15) is 9.18 Å². The Balaban J connectivity index is 0.00000280. The van der Waals surface area contributed by atoms with Crippen molar-refractivity contribution in [2.75, 3.05) is 19.0 Å². The predicted molar refractivity (Wildman–Crippen MR) is 107 cm³/mol. The van der Waals surface area contributed by atoms with Gasteiger partial charge < -0.3 is 25.3 Å². The van der Waals surface area contributed by atoms with Gasteiger partial charge in [0.25, 0.3) is 5.91 Å². The van der Waals surface area contributed by atoms with Crippen LogP contribution in [0.15, 0.2) is 36.4 Å². The molecule has 1 saturated heterocycles. The lowest BCUT2D eigenvalue weighted by Crippen LogP contribution is -2.29. The van der Waals surface area contributed by atoms with Crippen molar-refractivity contribution in [1.82, 2.24) is 0 Å². The SMILES string of the molecule is COc1cc(C)ccc1Oc1ccc(NC(=O)[C@@H]2CC[C@H](CN)O2)cc1F.Cl. The summed E-state index contributed by atoms with van der Waals surface area (Å²) in [5.74, 6) is 0.0582. The molecular weight excluding hydrogens is 387 g/mol. The quantitative estimate of drug-likeness (QED) is 0.756. The van der Waals surface area contributed by atoms with Gasteiger partial charge in [-0.3, -0.25) is 4.79 Å². The summed E-state index contributed by atoms with van der Waals surface area (Å²) in [5.41, 5.74) is 6.89. The van der Waals surface area contributed by atoms with E-state index in [-0.39, 0.29) is 30.2 Å². The molecule has 1 amide bonds. The molecule has 0 saturated carbocycles. The molecule has 3 N–H and O–H groups in total. The van der Waals surface area contributed by atoms with Crippen LogP contribution in [0.1, 0.15) is 18.4 Å². The molecule has 1 fully saturated rings. The summed E-state index contributed by atoms with van der Waals surface area (Å²) < 4.78 is 30.9. The van der Waals surface area contributed by atoms with E-state index in [1.807, 2.05) is 13.0 Å². The van der Waals surface area contributed by atoms with Gasteiger partial charge in [-0.2, -0.15) is 0 Å². The van der Waals surface area contributed by atoms with E-state index in [0.717, 1.165) is 12.0 Å². The van der Waals surface area contributed by atoms with Crippen molar-refractivity contribution < 1.29 is 23.4 Å². The van der Waals surface area contributed by atoms with Gasteiger partial charge in [0.1, 0.15) is 6.10 Å². The lowest BCUT2D eigenvalue weighted by molar-refractivity contribution is -0.126. The fourth-order valence-electron chi connectivity index (χ4n) is 2.93. The van der Waals surface area contributed by atoms with Gasteiger partial charge in [-0.15, -0.1) is 12.4 Å². The monoisotopic (exact) mass is 410 g/mol. The number of aryl methyl sites for hydroxylation is 1. The average molecular weight is 411 g/mol. The van der Waals surface area contributed by atoms with E-state index in [4.69, 9.17) is 19.9 Å². The van der Waals surface area contributed by atoms with Crippen molar-refractivity contribution in [3.8, 4) is 17.2 Å². The maximum atomic E-state index is 14.4. The summed E-state index contributed by atoms with van der Waals surface area (Å²) in [5, 5.41) is 2.67. The molecule has 2 aromatic carbocycles. The normalized spacial score (nSPS) is 18.3. The third kappa shape index (κ3) is 5.13. The Bertz CT molecular complexity index is 834. The van der Waals surface area contributed by atoms with E-state index in [1.165, 1.54) is 19.2 Å². The Morgan fingerprint density at radius 3 is 2.61 bits per heavy atom. The number of nitrogens with one attached hydrogen (secondary N) is 1. The highest BCUT2D eigenvalue weighted by Gasteiger charge is 2.30. The highest BCUT2D eigenvalue weighted by atomic mass is 35.5. The van der Waals surface area contributed by atoms with Crippen molar-refractivity contribution in [1.29, 1.82) is 0 Å². The Kier molecular flexibility index (Phi) is 7.62. The molecule has 0 spiro atoms. The fraction of sp³-hybridized carbons (Fsp3) is 0.350. The minimum Gasteiger partial charge on any atom is -0.493 e. The number of benzene rings is 2. The van der Waals surface area contributed by atoms with E-state index >= 15 is 0 Å². The molecule has 152 valence electrons. The van der Waals surface area contributed by atoms with Gasteiger partial charge in [0.2, 0.25) is 0 Å². The number of nitrogens with two attached hydrogens (primary N) is 1.